The molecule has 0 aliphatic heterocycles. The number of ether oxygens (including phenoxy) is 5. The van der Waals surface area contributed by atoms with Gasteiger partial charge in [0.1, 0.15) is 6.61 Å². The summed E-state index contributed by atoms with van der Waals surface area (Å²) >= 11 is 0. The second-order valence-electron chi connectivity index (χ2n) is 3.84. The van der Waals surface area contributed by atoms with E-state index in [1.807, 2.05) is 0 Å². The molecular weight excluding hydrogens is 284 g/mol. The van der Waals surface area contributed by atoms with Gasteiger partial charge in [-0.2, -0.15) is 0 Å². The normalized spacial score (nSPS) is 10.5. The zero-order valence-electron chi connectivity index (χ0n) is 12.4. The molecule has 8 heteroatoms. The molecule has 0 saturated carbocycles. The Hall–Kier alpha value is -1.22. The molecule has 8 nitrogen and oxygen atoms in total. The van der Waals surface area contributed by atoms with Crippen LogP contribution in [0.25, 0.3) is 0 Å². The highest BCUT2D eigenvalue weighted by Crippen LogP contribution is 1.88. The minimum absolute atomic E-state index is 0.239. The molecule has 21 heavy (non-hydrogen) atoms. The van der Waals surface area contributed by atoms with E-state index in [4.69, 9.17) is 28.8 Å². The molecule has 0 aliphatic rings. The Balaban J connectivity index is 3.06. The molecule has 0 radical (unpaired) electrons. The molecule has 0 amide bonds. The Kier molecular flexibility index (Phi) is 14.3. The molecule has 0 aromatic carbocycles. The van der Waals surface area contributed by atoms with Crippen LogP contribution in [0.1, 0.15) is 13.3 Å². The maximum absolute atomic E-state index is 11.0. The average molecular weight is 308 g/mol. The lowest BCUT2D eigenvalue weighted by atomic mass is 10.5. The van der Waals surface area contributed by atoms with Crippen molar-refractivity contribution in [3.63, 3.8) is 0 Å². The number of aliphatic carboxylic acids is 1. The van der Waals surface area contributed by atoms with Gasteiger partial charge < -0.3 is 28.8 Å². The lowest BCUT2D eigenvalue weighted by Crippen LogP contribution is -2.14. The Bertz CT molecular complexity index is 269. The average Bonchev–Trinajstić information content (AvgIpc) is 2.44. The Labute approximate surface area is 124 Å². The van der Waals surface area contributed by atoms with Crippen molar-refractivity contribution in [1.82, 2.24) is 0 Å². The molecule has 0 fully saturated rings. The molecule has 0 aromatic heterocycles. The minimum atomic E-state index is -0.999. The number of hydrogen-bond acceptors (Lipinski definition) is 7. The van der Waals surface area contributed by atoms with E-state index in [1.54, 1.807) is 6.92 Å². The number of hydrogen-bond donors (Lipinski definition) is 1. The fourth-order valence-electron chi connectivity index (χ4n) is 1.21. The van der Waals surface area contributed by atoms with E-state index in [1.165, 1.54) is 0 Å². The third-order valence-electron chi connectivity index (χ3n) is 2.10. The van der Waals surface area contributed by atoms with Crippen LogP contribution in [0.4, 0.5) is 0 Å². The molecule has 0 aliphatic carbocycles. The van der Waals surface area contributed by atoms with E-state index in [0.29, 0.717) is 46.2 Å². The number of carboxylic acid groups (broad SMARTS) is 1. The predicted molar refractivity (Wildman–Crippen MR) is 72.2 cm³/mol. The second kappa shape index (κ2) is 15.2. The van der Waals surface area contributed by atoms with E-state index in [-0.39, 0.29) is 25.6 Å². The third-order valence-corrected chi connectivity index (χ3v) is 2.10. The zero-order valence-corrected chi connectivity index (χ0v) is 12.4. The van der Waals surface area contributed by atoms with E-state index in [0.717, 1.165) is 0 Å². The summed E-state index contributed by atoms with van der Waals surface area (Å²) in [5.41, 5.74) is 0. The van der Waals surface area contributed by atoms with Crippen LogP contribution in [0, 0.1) is 0 Å². The molecule has 0 atom stereocenters. The molecular formula is C13H24O8. The summed E-state index contributed by atoms with van der Waals surface area (Å²) in [5.74, 6) is -1.27. The molecule has 0 saturated heterocycles. The van der Waals surface area contributed by atoms with Gasteiger partial charge in [0, 0.05) is 0 Å². The monoisotopic (exact) mass is 308 g/mol. The van der Waals surface area contributed by atoms with Crippen LogP contribution < -0.4 is 0 Å². The lowest BCUT2D eigenvalue weighted by Gasteiger charge is -2.07. The Morgan fingerprint density at radius 3 is 1.76 bits per heavy atom. The van der Waals surface area contributed by atoms with Gasteiger partial charge >= 0.3 is 11.9 Å². The van der Waals surface area contributed by atoms with Gasteiger partial charge in [-0.25, -0.2) is 4.79 Å². The molecule has 0 unspecified atom stereocenters. The number of carboxylic acids is 1. The summed E-state index contributed by atoms with van der Waals surface area (Å²) in [5, 5.41) is 8.31. The Morgan fingerprint density at radius 1 is 0.810 bits per heavy atom. The molecule has 0 heterocycles. The van der Waals surface area contributed by atoms with Gasteiger partial charge in [0.2, 0.25) is 0 Å². The zero-order chi connectivity index (χ0) is 15.8. The fraction of sp³-hybridized carbons (Fsp3) is 0.846. The summed E-state index contributed by atoms with van der Waals surface area (Å²) in [6, 6.07) is 0. The van der Waals surface area contributed by atoms with Crippen molar-refractivity contribution in [3.05, 3.63) is 0 Å². The molecule has 0 spiro atoms. The maximum Gasteiger partial charge on any atom is 0.329 e. The van der Waals surface area contributed by atoms with Crippen molar-refractivity contribution in [2.45, 2.75) is 13.3 Å². The van der Waals surface area contributed by atoms with Crippen molar-refractivity contribution >= 4 is 11.9 Å². The SMILES string of the molecule is CCOC(=O)CCOCCOCCOCCOCC(=O)O. The summed E-state index contributed by atoms with van der Waals surface area (Å²) in [7, 11) is 0. The highest BCUT2D eigenvalue weighted by molar-refractivity contribution is 5.69. The van der Waals surface area contributed by atoms with Crippen LogP contribution >= 0.6 is 0 Å². The first-order chi connectivity index (χ1) is 10.2. The largest absolute Gasteiger partial charge is 0.480 e. The van der Waals surface area contributed by atoms with Gasteiger partial charge in [0.15, 0.2) is 0 Å². The van der Waals surface area contributed by atoms with Gasteiger partial charge in [0.25, 0.3) is 0 Å². The minimum Gasteiger partial charge on any atom is -0.480 e. The van der Waals surface area contributed by atoms with Crippen molar-refractivity contribution in [2.75, 3.05) is 59.5 Å². The van der Waals surface area contributed by atoms with Crippen LogP contribution in [0.3, 0.4) is 0 Å². The highest BCUT2D eigenvalue weighted by atomic mass is 16.6. The second-order valence-corrected chi connectivity index (χ2v) is 3.84. The van der Waals surface area contributed by atoms with Gasteiger partial charge in [-0.05, 0) is 6.92 Å². The van der Waals surface area contributed by atoms with Crippen molar-refractivity contribution in [3.8, 4) is 0 Å². The van der Waals surface area contributed by atoms with Gasteiger partial charge in [-0.15, -0.1) is 0 Å². The van der Waals surface area contributed by atoms with Crippen LogP contribution in [-0.2, 0) is 33.3 Å². The number of carbonyl (C=O) groups excluding carboxylic acids is 1. The summed E-state index contributed by atoms with van der Waals surface area (Å²) in [4.78, 5) is 21.1. The first kappa shape index (κ1) is 19.8. The molecule has 124 valence electrons. The van der Waals surface area contributed by atoms with Gasteiger partial charge in [0.05, 0.1) is 59.3 Å². The number of carbonyl (C=O) groups is 2. The first-order valence-corrected chi connectivity index (χ1v) is 6.85. The number of rotatable bonds is 15. The Morgan fingerprint density at radius 2 is 1.29 bits per heavy atom. The maximum atomic E-state index is 11.0. The van der Waals surface area contributed by atoms with E-state index in [2.05, 4.69) is 0 Å². The highest BCUT2D eigenvalue weighted by Gasteiger charge is 2.00. The topological polar surface area (TPSA) is 101 Å². The summed E-state index contributed by atoms with van der Waals surface area (Å²) in [6.07, 6.45) is 0.243. The molecule has 0 rings (SSSR count). The van der Waals surface area contributed by atoms with E-state index >= 15 is 0 Å². The molecule has 1 N–H and O–H groups in total. The molecule has 0 aromatic rings. The van der Waals surface area contributed by atoms with E-state index < -0.39 is 5.97 Å². The quantitative estimate of drug-likeness (QED) is 0.335. The fourth-order valence-corrected chi connectivity index (χ4v) is 1.21. The predicted octanol–water partition coefficient (Wildman–Crippen LogP) is 0.0906. The molecule has 0 bridgehead atoms. The van der Waals surface area contributed by atoms with Crippen molar-refractivity contribution < 1.29 is 38.4 Å². The van der Waals surface area contributed by atoms with E-state index in [9.17, 15) is 9.59 Å². The lowest BCUT2D eigenvalue weighted by molar-refractivity contribution is -0.144. The number of esters is 1. The third kappa shape index (κ3) is 16.7. The van der Waals surface area contributed by atoms with Crippen LogP contribution in [0.15, 0.2) is 0 Å². The smallest absolute Gasteiger partial charge is 0.329 e. The summed E-state index contributed by atoms with van der Waals surface area (Å²) < 4.78 is 25.1. The van der Waals surface area contributed by atoms with Crippen molar-refractivity contribution in [2.24, 2.45) is 0 Å². The van der Waals surface area contributed by atoms with Gasteiger partial charge in [-0.3, -0.25) is 4.79 Å². The van der Waals surface area contributed by atoms with Crippen LogP contribution in [-0.4, -0.2) is 76.5 Å². The van der Waals surface area contributed by atoms with Crippen molar-refractivity contribution in [1.29, 1.82) is 0 Å². The standard InChI is InChI=1S/C13H24O8/c1-2-21-13(16)3-4-17-5-6-18-7-8-19-9-10-20-11-12(14)15/h2-11H2,1H3,(H,14,15). The summed E-state index contributed by atoms with van der Waals surface area (Å²) in [6.45, 7) is 4.34. The van der Waals surface area contributed by atoms with Gasteiger partial charge in [-0.1, -0.05) is 0 Å². The first-order valence-electron chi connectivity index (χ1n) is 6.85. The van der Waals surface area contributed by atoms with Crippen LogP contribution in [0.5, 0.6) is 0 Å². The van der Waals surface area contributed by atoms with Crippen LogP contribution in [0.2, 0.25) is 0 Å².